The third-order valence-corrected chi connectivity index (χ3v) is 3.81. The number of rotatable bonds is 6. The fraction of sp³-hybridized carbons (Fsp3) is 0.231. The van der Waals surface area contributed by atoms with Crippen molar-refractivity contribution in [2.75, 3.05) is 12.4 Å². The summed E-state index contributed by atoms with van der Waals surface area (Å²) >= 11 is 0.815. The van der Waals surface area contributed by atoms with Crippen molar-refractivity contribution < 1.29 is 13.5 Å². The van der Waals surface area contributed by atoms with Crippen molar-refractivity contribution in [1.29, 1.82) is 0 Å². The number of aromatic nitrogens is 5. The van der Waals surface area contributed by atoms with E-state index in [1.807, 2.05) is 24.3 Å². The van der Waals surface area contributed by atoms with Gasteiger partial charge in [-0.25, -0.2) is 13.5 Å². The number of nitrogens with zero attached hydrogens (tertiary/aromatic N) is 5. The average Bonchev–Trinajstić information content (AvgIpc) is 3.22. The van der Waals surface area contributed by atoms with Crippen LogP contribution in [0.25, 0.3) is 5.69 Å². The summed E-state index contributed by atoms with van der Waals surface area (Å²) in [5.41, 5.74) is 1.48. The number of ether oxygens (including phenoxy) is 1. The van der Waals surface area contributed by atoms with E-state index in [-0.39, 0.29) is 5.01 Å². The number of halogens is 2. The Morgan fingerprint density at radius 3 is 2.65 bits per heavy atom. The largest absolute Gasteiger partial charge is 0.497 e. The highest BCUT2D eigenvalue weighted by atomic mass is 32.1. The van der Waals surface area contributed by atoms with Gasteiger partial charge in [0.05, 0.1) is 25.5 Å². The highest BCUT2D eigenvalue weighted by Crippen LogP contribution is 2.25. The van der Waals surface area contributed by atoms with Crippen LogP contribution in [0.5, 0.6) is 5.75 Å². The van der Waals surface area contributed by atoms with E-state index >= 15 is 0 Å². The Labute approximate surface area is 133 Å². The molecule has 0 spiro atoms. The maximum Gasteiger partial charge on any atom is 0.291 e. The molecule has 1 aromatic carbocycles. The Hall–Kier alpha value is -2.62. The van der Waals surface area contributed by atoms with Gasteiger partial charge in [0, 0.05) is 0 Å². The zero-order valence-corrected chi connectivity index (χ0v) is 12.8. The van der Waals surface area contributed by atoms with Crippen molar-refractivity contribution in [2.24, 2.45) is 0 Å². The van der Waals surface area contributed by atoms with Crippen molar-refractivity contribution in [2.45, 2.75) is 13.0 Å². The van der Waals surface area contributed by atoms with Crippen LogP contribution in [0, 0.1) is 0 Å². The third kappa shape index (κ3) is 3.59. The molecule has 10 heteroatoms. The van der Waals surface area contributed by atoms with E-state index in [2.05, 4.69) is 25.8 Å². The van der Waals surface area contributed by atoms with Crippen LogP contribution in [0.4, 0.5) is 13.9 Å². The third-order valence-electron chi connectivity index (χ3n) is 2.93. The van der Waals surface area contributed by atoms with E-state index in [9.17, 15) is 8.78 Å². The lowest BCUT2D eigenvalue weighted by atomic mass is 10.3. The normalized spacial score (nSPS) is 11.0. The van der Waals surface area contributed by atoms with Crippen LogP contribution in [0.3, 0.4) is 0 Å². The lowest BCUT2D eigenvalue weighted by Gasteiger charge is -2.02. The summed E-state index contributed by atoms with van der Waals surface area (Å²) in [6, 6.07) is 7.35. The van der Waals surface area contributed by atoms with E-state index < -0.39 is 6.43 Å². The first-order valence-electron chi connectivity index (χ1n) is 6.57. The van der Waals surface area contributed by atoms with E-state index in [0.29, 0.717) is 17.4 Å². The molecule has 0 unspecified atom stereocenters. The molecule has 1 N–H and O–H groups in total. The van der Waals surface area contributed by atoms with Gasteiger partial charge in [0.2, 0.25) is 5.13 Å². The summed E-state index contributed by atoms with van der Waals surface area (Å²) in [7, 11) is 1.60. The Morgan fingerprint density at radius 2 is 2.00 bits per heavy atom. The van der Waals surface area contributed by atoms with Crippen molar-refractivity contribution in [3.05, 3.63) is 41.2 Å². The highest BCUT2D eigenvalue weighted by Gasteiger charge is 2.14. The van der Waals surface area contributed by atoms with Gasteiger partial charge >= 0.3 is 0 Å². The Kier molecular flexibility index (Phi) is 4.42. The Bertz CT molecular complexity index is 773. The van der Waals surface area contributed by atoms with Crippen molar-refractivity contribution in [3.63, 3.8) is 0 Å². The summed E-state index contributed by atoms with van der Waals surface area (Å²) < 4.78 is 31.6. The quantitative estimate of drug-likeness (QED) is 0.744. The second-order valence-corrected chi connectivity index (χ2v) is 5.46. The van der Waals surface area contributed by atoms with Crippen molar-refractivity contribution in [1.82, 2.24) is 25.2 Å². The molecule has 0 fully saturated rings. The van der Waals surface area contributed by atoms with Gasteiger partial charge in [-0.05, 0) is 24.3 Å². The molecule has 0 aliphatic rings. The molecule has 0 bridgehead atoms. The maximum absolute atomic E-state index is 12.4. The Morgan fingerprint density at radius 1 is 1.22 bits per heavy atom. The number of anilines is 1. The lowest BCUT2D eigenvalue weighted by Crippen LogP contribution is -1.99. The summed E-state index contributed by atoms with van der Waals surface area (Å²) in [6.07, 6.45) is -0.872. The van der Waals surface area contributed by atoms with E-state index in [1.165, 1.54) is 0 Å². The minimum absolute atomic E-state index is 0.311. The second kappa shape index (κ2) is 6.65. The van der Waals surface area contributed by atoms with Gasteiger partial charge in [0.15, 0.2) is 5.01 Å². The van der Waals surface area contributed by atoms with Crippen LogP contribution in [-0.4, -0.2) is 32.3 Å². The minimum atomic E-state index is -2.61. The van der Waals surface area contributed by atoms with E-state index in [4.69, 9.17) is 4.74 Å². The summed E-state index contributed by atoms with van der Waals surface area (Å²) in [5.74, 6) is 0.752. The summed E-state index contributed by atoms with van der Waals surface area (Å²) in [4.78, 5) is 0. The number of hydrogen-bond acceptors (Lipinski definition) is 7. The standard InChI is InChI=1S/C13H12F2N6OS/c1-22-10-4-2-9(3-5-10)21-7-8(17-20-21)6-16-13-19-18-12(23-13)11(14)15/h2-5,7,11H,6H2,1H3,(H,16,19). The zero-order valence-electron chi connectivity index (χ0n) is 12.0. The maximum atomic E-state index is 12.4. The molecule has 0 atom stereocenters. The van der Waals surface area contributed by atoms with Crippen molar-refractivity contribution in [3.8, 4) is 11.4 Å². The molecule has 2 aromatic heterocycles. The van der Waals surface area contributed by atoms with Crippen LogP contribution in [-0.2, 0) is 6.54 Å². The average molecular weight is 338 g/mol. The first-order valence-corrected chi connectivity index (χ1v) is 7.38. The first-order chi connectivity index (χ1) is 11.2. The van der Waals surface area contributed by atoms with Gasteiger partial charge in [-0.1, -0.05) is 16.6 Å². The van der Waals surface area contributed by atoms with Crippen molar-refractivity contribution >= 4 is 16.5 Å². The molecule has 3 rings (SSSR count). The molecule has 120 valence electrons. The molecule has 0 saturated carbocycles. The predicted octanol–water partition coefficient (Wildman–Crippen LogP) is 2.68. The van der Waals surface area contributed by atoms with Crippen LogP contribution >= 0.6 is 11.3 Å². The van der Waals surface area contributed by atoms with Gasteiger partial charge in [0.1, 0.15) is 11.4 Å². The molecule has 2 heterocycles. The molecule has 23 heavy (non-hydrogen) atoms. The number of benzene rings is 1. The molecule has 7 nitrogen and oxygen atoms in total. The first kappa shape index (κ1) is 15.3. The highest BCUT2D eigenvalue weighted by molar-refractivity contribution is 7.15. The summed E-state index contributed by atoms with van der Waals surface area (Å²) in [6.45, 7) is 0.314. The molecule has 0 aliphatic carbocycles. The minimum Gasteiger partial charge on any atom is -0.497 e. The molecular weight excluding hydrogens is 326 g/mol. The topological polar surface area (TPSA) is 77.8 Å². The monoisotopic (exact) mass is 338 g/mol. The number of hydrogen-bond donors (Lipinski definition) is 1. The number of methoxy groups -OCH3 is 1. The smallest absolute Gasteiger partial charge is 0.291 e. The molecular formula is C13H12F2N6OS. The number of alkyl halides is 2. The van der Waals surface area contributed by atoms with E-state index in [0.717, 1.165) is 22.8 Å². The van der Waals surface area contributed by atoms with E-state index in [1.54, 1.807) is 18.0 Å². The van der Waals surface area contributed by atoms with Crippen LogP contribution < -0.4 is 10.1 Å². The molecule has 3 aromatic rings. The number of nitrogens with one attached hydrogen (secondary N) is 1. The zero-order chi connectivity index (χ0) is 16.2. The van der Waals surface area contributed by atoms with Crippen LogP contribution in [0.1, 0.15) is 17.1 Å². The predicted molar refractivity (Wildman–Crippen MR) is 80.1 cm³/mol. The molecule has 0 saturated heterocycles. The Balaban J connectivity index is 1.64. The molecule has 0 radical (unpaired) electrons. The lowest BCUT2D eigenvalue weighted by molar-refractivity contribution is 0.150. The fourth-order valence-corrected chi connectivity index (χ4v) is 2.40. The van der Waals surface area contributed by atoms with Crippen LogP contribution in [0.2, 0.25) is 0 Å². The fourth-order valence-electron chi connectivity index (χ4n) is 1.80. The van der Waals surface area contributed by atoms with Gasteiger partial charge < -0.3 is 10.1 Å². The molecule has 0 aliphatic heterocycles. The van der Waals surface area contributed by atoms with Gasteiger partial charge in [-0.15, -0.1) is 15.3 Å². The summed E-state index contributed by atoms with van der Waals surface area (Å²) in [5, 5.41) is 18.0. The van der Waals surface area contributed by atoms with Crippen LogP contribution in [0.15, 0.2) is 30.5 Å². The van der Waals surface area contributed by atoms with Gasteiger partial charge in [0.25, 0.3) is 6.43 Å². The van der Waals surface area contributed by atoms with Gasteiger partial charge in [-0.3, -0.25) is 0 Å². The second-order valence-electron chi connectivity index (χ2n) is 4.45. The SMILES string of the molecule is COc1ccc(-n2cc(CNc3nnc(C(F)F)s3)nn2)cc1. The van der Waals surface area contributed by atoms with Gasteiger partial charge in [-0.2, -0.15) is 0 Å². The molecule has 0 amide bonds.